The summed E-state index contributed by atoms with van der Waals surface area (Å²) < 4.78 is 0.953. The first-order valence-electron chi connectivity index (χ1n) is 6.39. The third kappa shape index (κ3) is 1.74. The van der Waals surface area contributed by atoms with E-state index in [4.69, 9.17) is 0 Å². The molecule has 1 aromatic carbocycles. The van der Waals surface area contributed by atoms with E-state index >= 15 is 0 Å². The monoisotopic (exact) mass is 320 g/mol. The van der Waals surface area contributed by atoms with Crippen molar-refractivity contribution in [3.05, 3.63) is 28.4 Å². The van der Waals surface area contributed by atoms with Crippen molar-refractivity contribution in [3.63, 3.8) is 0 Å². The second-order valence-electron chi connectivity index (χ2n) is 5.22. The number of hydrogen-bond acceptors (Lipinski definition) is 4. The van der Waals surface area contributed by atoms with E-state index in [1.54, 1.807) is 0 Å². The van der Waals surface area contributed by atoms with Crippen molar-refractivity contribution < 1.29 is 4.79 Å². The summed E-state index contributed by atoms with van der Waals surface area (Å²) in [6.07, 6.45) is 1.03. The molecule has 0 saturated carbocycles. The number of rotatable bonds is 2. The molecule has 2 bridgehead atoms. The largest absolute Gasteiger partial charge is 0.310 e. The van der Waals surface area contributed by atoms with Gasteiger partial charge in [0.15, 0.2) is 0 Å². The third-order valence-electron chi connectivity index (χ3n) is 4.02. The number of fused-ring (bicyclic) bond motifs is 3. The third-order valence-corrected chi connectivity index (χ3v) is 4.52. The molecule has 19 heavy (non-hydrogen) atoms. The van der Waals surface area contributed by atoms with Gasteiger partial charge in [-0.1, -0.05) is 15.9 Å². The van der Waals surface area contributed by atoms with Crippen LogP contribution in [-0.2, 0) is 0 Å². The zero-order valence-electron chi connectivity index (χ0n) is 10.1. The Labute approximate surface area is 118 Å². The first-order chi connectivity index (χ1) is 9.22. The zero-order chi connectivity index (χ0) is 13.0. The summed E-state index contributed by atoms with van der Waals surface area (Å²) in [4.78, 5) is 12.6. The summed E-state index contributed by atoms with van der Waals surface area (Å²) in [6.45, 7) is 0.960. The van der Waals surface area contributed by atoms with Crippen LogP contribution < -0.4 is 10.6 Å². The van der Waals surface area contributed by atoms with Crippen LogP contribution in [0.5, 0.6) is 0 Å². The SMILES string of the molecule is O=C(c1n[nH]c2ccc(Br)cc12)C1N[C@@H]2CN[C@@H]1C2. The molecule has 1 unspecified atom stereocenters. The van der Waals surface area contributed by atoms with E-state index in [2.05, 4.69) is 36.8 Å². The van der Waals surface area contributed by atoms with E-state index in [9.17, 15) is 4.79 Å². The Morgan fingerprint density at radius 1 is 1.42 bits per heavy atom. The van der Waals surface area contributed by atoms with Crippen LogP contribution in [0.1, 0.15) is 16.9 Å². The van der Waals surface area contributed by atoms with Gasteiger partial charge >= 0.3 is 0 Å². The summed E-state index contributed by atoms with van der Waals surface area (Å²) in [5, 5.41) is 14.8. The fourth-order valence-corrected chi connectivity index (χ4v) is 3.46. The Hall–Kier alpha value is -1.24. The van der Waals surface area contributed by atoms with Gasteiger partial charge in [-0.3, -0.25) is 9.89 Å². The highest BCUT2D eigenvalue weighted by atomic mass is 79.9. The molecule has 2 fully saturated rings. The number of ketones is 1. The molecule has 2 aliphatic heterocycles. The molecule has 3 N–H and O–H groups in total. The van der Waals surface area contributed by atoms with E-state index in [1.165, 1.54) is 0 Å². The molecule has 5 nitrogen and oxygen atoms in total. The van der Waals surface area contributed by atoms with Gasteiger partial charge < -0.3 is 10.6 Å². The van der Waals surface area contributed by atoms with Crippen LogP contribution in [0, 0.1) is 0 Å². The molecule has 3 heterocycles. The van der Waals surface area contributed by atoms with Crippen LogP contribution in [0.3, 0.4) is 0 Å². The number of halogens is 1. The Morgan fingerprint density at radius 3 is 3.05 bits per heavy atom. The lowest BCUT2D eigenvalue weighted by Gasteiger charge is -2.22. The number of benzene rings is 1. The molecule has 98 valence electrons. The number of nitrogens with zero attached hydrogens (tertiary/aromatic N) is 1. The molecular formula is C13H13BrN4O. The summed E-state index contributed by atoms with van der Waals surface area (Å²) in [5.74, 6) is 0.0732. The standard InChI is InChI=1S/C13H13BrN4O/c14-6-1-2-9-8(3-6)11(18-17-9)13(19)12-10-4-7(16-12)5-15-10/h1-3,7,10,12,15-16H,4-5H2,(H,17,18)/t7-,10+,12?/m0/s1. The summed E-state index contributed by atoms with van der Waals surface area (Å²) in [5.41, 5.74) is 1.42. The van der Waals surface area contributed by atoms with Gasteiger partial charge in [0.25, 0.3) is 0 Å². The maximum absolute atomic E-state index is 12.6. The highest BCUT2D eigenvalue weighted by Crippen LogP contribution is 2.26. The Bertz CT molecular complexity index is 668. The number of nitrogens with one attached hydrogen (secondary N) is 3. The lowest BCUT2D eigenvalue weighted by molar-refractivity contribution is 0.0927. The molecular weight excluding hydrogens is 308 g/mol. The summed E-state index contributed by atoms with van der Waals surface area (Å²) in [6, 6.07) is 6.32. The van der Waals surface area contributed by atoms with Crippen LogP contribution >= 0.6 is 15.9 Å². The van der Waals surface area contributed by atoms with Gasteiger partial charge in [-0.15, -0.1) is 0 Å². The van der Waals surface area contributed by atoms with E-state index in [0.29, 0.717) is 11.7 Å². The molecule has 3 atom stereocenters. The zero-order valence-corrected chi connectivity index (χ0v) is 11.7. The van der Waals surface area contributed by atoms with Crippen LogP contribution in [-0.4, -0.2) is 40.7 Å². The minimum Gasteiger partial charge on any atom is -0.310 e. The van der Waals surface area contributed by atoms with E-state index in [1.807, 2.05) is 18.2 Å². The number of Topliss-reactive ketones (excluding diaryl/α,β-unsaturated/α-hetero) is 1. The van der Waals surface area contributed by atoms with Crippen LogP contribution in [0.15, 0.2) is 22.7 Å². The fraction of sp³-hybridized carbons (Fsp3) is 0.385. The van der Waals surface area contributed by atoms with Gasteiger partial charge in [0, 0.05) is 28.5 Å². The lowest BCUT2D eigenvalue weighted by Crippen LogP contribution is -2.52. The van der Waals surface area contributed by atoms with Crippen molar-refractivity contribution in [2.45, 2.75) is 24.5 Å². The smallest absolute Gasteiger partial charge is 0.202 e. The number of carbonyl (C=O) groups is 1. The minimum absolute atomic E-state index is 0.0732. The van der Waals surface area contributed by atoms with Crippen molar-refractivity contribution in [2.75, 3.05) is 6.54 Å². The molecule has 0 radical (unpaired) electrons. The number of aromatic nitrogens is 2. The second-order valence-corrected chi connectivity index (χ2v) is 6.13. The van der Waals surface area contributed by atoms with Crippen molar-refractivity contribution in [1.82, 2.24) is 20.8 Å². The molecule has 0 aliphatic carbocycles. The van der Waals surface area contributed by atoms with Crippen LogP contribution in [0.2, 0.25) is 0 Å². The van der Waals surface area contributed by atoms with Gasteiger partial charge in [0.2, 0.25) is 5.78 Å². The van der Waals surface area contributed by atoms with Crippen molar-refractivity contribution in [1.29, 1.82) is 0 Å². The number of piperazine rings is 1. The summed E-state index contributed by atoms with van der Waals surface area (Å²) >= 11 is 3.44. The number of carbonyl (C=O) groups excluding carboxylic acids is 1. The summed E-state index contributed by atoms with van der Waals surface area (Å²) in [7, 11) is 0. The highest BCUT2D eigenvalue weighted by molar-refractivity contribution is 9.10. The Morgan fingerprint density at radius 2 is 2.32 bits per heavy atom. The van der Waals surface area contributed by atoms with Crippen LogP contribution in [0.25, 0.3) is 10.9 Å². The van der Waals surface area contributed by atoms with Crippen molar-refractivity contribution in [3.8, 4) is 0 Å². The molecule has 0 amide bonds. The lowest BCUT2D eigenvalue weighted by atomic mass is 10.0. The van der Waals surface area contributed by atoms with E-state index in [-0.39, 0.29) is 17.9 Å². The second kappa shape index (κ2) is 4.13. The Balaban J connectivity index is 1.74. The number of H-pyrrole nitrogens is 1. The molecule has 6 heteroatoms. The number of hydrogen-bond donors (Lipinski definition) is 3. The average molecular weight is 321 g/mol. The topological polar surface area (TPSA) is 69.8 Å². The normalized spacial score (nSPS) is 29.2. The van der Waals surface area contributed by atoms with Crippen molar-refractivity contribution >= 4 is 32.6 Å². The molecule has 1 aromatic heterocycles. The first-order valence-corrected chi connectivity index (χ1v) is 7.19. The van der Waals surface area contributed by atoms with Gasteiger partial charge in [0.05, 0.1) is 11.6 Å². The molecule has 2 aromatic rings. The quantitative estimate of drug-likeness (QED) is 0.727. The van der Waals surface area contributed by atoms with Gasteiger partial charge in [0.1, 0.15) is 5.69 Å². The van der Waals surface area contributed by atoms with Gasteiger partial charge in [-0.05, 0) is 24.6 Å². The maximum Gasteiger partial charge on any atom is 0.202 e. The minimum atomic E-state index is -0.149. The molecule has 2 aliphatic rings. The fourth-order valence-electron chi connectivity index (χ4n) is 3.10. The highest BCUT2D eigenvalue weighted by Gasteiger charge is 2.43. The van der Waals surface area contributed by atoms with E-state index in [0.717, 1.165) is 28.3 Å². The first kappa shape index (κ1) is 11.6. The molecule has 0 spiro atoms. The predicted octanol–water partition coefficient (Wildman–Crippen LogP) is 1.21. The average Bonchev–Trinajstić information content (AvgIpc) is 3.11. The maximum atomic E-state index is 12.6. The van der Waals surface area contributed by atoms with Crippen LogP contribution in [0.4, 0.5) is 0 Å². The van der Waals surface area contributed by atoms with Gasteiger partial charge in [-0.2, -0.15) is 5.10 Å². The van der Waals surface area contributed by atoms with Gasteiger partial charge in [-0.25, -0.2) is 0 Å². The number of aromatic amines is 1. The van der Waals surface area contributed by atoms with E-state index < -0.39 is 0 Å². The molecule has 2 saturated heterocycles. The molecule has 4 rings (SSSR count). The Kier molecular flexibility index (Phi) is 2.51. The van der Waals surface area contributed by atoms with Crippen molar-refractivity contribution in [2.24, 2.45) is 0 Å². The predicted molar refractivity (Wildman–Crippen MR) is 75.2 cm³/mol.